The fourth-order valence-corrected chi connectivity index (χ4v) is 9.44. The van der Waals surface area contributed by atoms with Crippen molar-refractivity contribution in [1.82, 2.24) is 14.5 Å². The number of hydrogen-bond acceptors (Lipinski definition) is 3. The number of hydrogen-bond donors (Lipinski definition) is 1. The zero-order chi connectivity index (χ0) is 56.1. The normalized spacial score (nSPS) is 13.5. The van der Waals surface area contributed by atoms with Crippen LogP contribution in [0.3, 0.4) is 0 Å². The fourth-order valence-electron chi connectivity index (χ4n) is 9.44. The first-order valence-electron chi connectivity index (χ1n) is 27.7. The first-order chi connectivity index (χ1) is 35.8. The van der Waals surface area contributed by atoms with Crippen molar-refractivity contribution in [2.45, 2.75) is 131 Å². The molecule has 0 unspecified atom stereocenters. The van der Waals surface area contributed by atoms with Gasteiger partial charge in [-0.1, -0.05) is 230 Å². The van der Waals surface area contributed by atoms with Crippen molar-refractivity contribution in [2.24, 2.45) is 0 Å². The van der Waals surface area contributed by atoms with Crippen LogP contribution in [0.2, 0.25) is 0 Å². The van der Waals surface area contributed by atoms with Crippen LogP contribution in [-0.2, 0) is 48.1 Å². The maximum atomic E-state index is 12.8. The van der Waals surface area contributed by atoms with E-state index in [9.17, 15) is 5.11 Å². The van der Waals surface area contributed by atoms with Crippen LogP contribution < -0.4 is 0 Å². The second kappa shape index (κ2) is 19.5. The van der Waals surface area contributed by atoms with E-state index in [0.717, 1.165) is 55.7 Å². The van der Waals surface area contributed by atoms with E-state index >= 15 is 0 Å². The van der Waals surface area contributed by atoms with E-state index in [-0.39, 0.29) is 66.1 Å². The quantitative estimate of drug-likeness (QED) is 0.162. The largest absolute Gasteiger partial charge is 0.507 e. The zero-order valence-electron chi connectivity index (χ0n) is 50.2. The Morgan fingerprint density at radius 3 is 1.63 bits per heavy atom. The minimum absolute atomic E-state index is 0. The number of aromatic hydroxyl groups is 1. The summed E-state index contributed by atoms with van der Waals surface area (Å²) in [5, 5.41) is 12.8. The molecular weight excluding hydrogens is 1070 g/mol. The summed E-state index contributed by atoms with van der Waals surface area (Å²) in [5.74, 6) is 0.783. The minimum atomic E-state index is -0.444. The molecule has 73 heavy (non-hydrogen) atoms. The predicted octanol–water partition coefficient (Wildman–Crippen LogP) is 18.4. The van der Waals surface area contributed by atoms with E-state index in [1.807, 2.05) is 6.07 Å². The number of rotatable bonds is 7. The van der Waals surface area contributed by atoms with Crippen LogP contribution in [-0.4, -0.2) is 19.6 Å². The first kappa shape index (κ1) is 46.4. The molecule has 0 spiro atoms. The summed E-state index contributed by atoms with van der Waals surface area (Å²) in [4.78, 5) is 10.6. The van der Waals surface area contributed by atoms with E-state index in [0.29, 0.717) is 33.7 Å². The van der Waals surface area contributed by atoms with Gasteiger partial charge in [-0.2, -0.15) is 0 Å². The molecule has 7 aromatic carbocycles. The second-order valence-electron chi connectivity index (χ2n) is 24.6. The van der Waals surface area contributed by atoms with Crippen LogP contribution in [0.5, 0.6) is 5.75 Å². The van der Waals surface area contributed by atoms with Crippen molar-refractivity contribution in [3.8, 4) is 78.6 Å². The molecule has 2 aromatic heterocycles. The Labute approximate surface area is 457 Å². The summed E-state index contributed by atoms with van der Waals surface area (Å²) < 4.78 is 45.0. The van der Waals surface area contributed by atoms with E-state index in [1.54, 1.807) is 18.3 Å². The topological polar surface area (TPSA) is 50.9 Å². The Balaban J connectivity index is 0.00000803. The molecular formula is C68H72N3OPt-. The Morgan fingerprint density at radius 1 is 0.479 bits per heavy atom. The van der Waals surface area contributed by atoms with Crippen LogP contribution in [0.4, 0.5) is 0 Å². The summed E-state index contributed by atoms with van der Waals surface area (Å²) in [6.07, 6.45) is 1.61. The van der Waals surface area contributed by atoms with Gasteiger partial charge in [0.15, 0.2) is 0 Å². The molecule has 0 amide bonds. The molecule has 0 aliphatic rings. The molecule has 0 saturated heterocycles. The number of fused-ring (bicyclic) bond motifs is 1. The number of pyridine rings is 1. The number of phenols is 1. The Bertz CT molecular complexity index is 3740. The summed E-state index contributed by atoms with van der Waals surface area (Å²) in [6, 6.07) is 44.3. The van der Waals surface area contributed by atoms with Crippen LogP contribution in [0, 0.1) is 6.07 Å². The van der Waals surface area contributed by atoms with Gasteiger partial charge >= 0.3 is 0 Å². The van der Waals surface area contributed by atoms with Crippen molar-refractivity contribution in [3.05, 3.63) is 192 Å². The van der Waals surface area contributed by atoms with E-state index in [2.05, 4.69) is 218 Å². The second-order valence-corrected chi connectivity index (χ2v) is 24.6. The third kappa shape index (κ3) is 10.8. The van der Waals surface area contributed by atoms with Gasteiger partial charge in [-0.3, -0.25) is 9.55 Å². The molecule has 0 atom stereocenters. The van der Waals surface area contributed by atoms with Crippen LogP contribution in [0.15, 0.2) is 158 Å². The summed E-state index contributed by atoms with van der Waals surface area (Å²) in [6.45, 7) is 33.0. The average molecular weight is 1150 g/mol. The Kier molecular flexibility index (Phi) is 12.4. The molecule has 0 bridgehead atoms. The monoisotopic (exact) mass is 1150 g/mol. The zero-order valence-corrected chi connectivity index (χ0v) is 47.5. The van der Waals surface area contributed by atoms with Gasteiger partial charge in [0.05, 0.1) is 29.1 Å². The maximum Gasteiger partial charge on any atom is 0.148 e. The molecule has 376 valence electrons. The smallest absolute Gasteiger partial charge is 0.148 e. The molecule has 0 saturated carbocycles. The number of aromatic nitrogens is 3. The molecule has 0 fully saturated rings. The SMILES string of the molecule is [2H]c1c([2H])c([2H])c(-c2ccnc(-c3[c-]c(-c4cccc5c4nc(-c4cc(C(C)(C)C)cc(C(C)(C)C)c4O)n5-c4ccc(C(C)(C)C)cc4-c4ccc(C(C)(C)C)cc4)cc(-c4ccc(C(C)(C)C)cc4)c3)c2)c([2H])c1[2H].[Pt]. The molecule has 9 rings (SSSR count). The van der Waals surface area contributed by atoms with Gasteiger partial charge in [0.25, 0.3) is 0 Å². The third-order valence-corrected chi connectivity index (χ3v) is 13.9. The van der Waals surface area contributed by atoms with Gasteiger partial charge in [-0.05, 0) is 102 Å². The minimum Gasteiger partial charge on any atom is -0.507 e. The van der Waals surface area contributed by atoms with Gasteiger partial charge in [0.1, 0.15) is 11.6 Å². The maximum absolute atomic E-state index is 12.8. The number of phenolic OH excluding ortho intramolecular Hbond substituents is 1. The standard InChI is InChI=1S/C68H72N3O.Pt/c1-64(2,3)50-28-24-44(25-29-50)47-36-48(38-49(37-47)58-39-46(34-35-69-58)43-20-17-16-18-21-43)54-22-19-23-60-61(54)70-63(56-41-53(67(10,11)12)42-57(62(56)72)68(13,14)15)71(60)59-33-32-52(66(7,8)9)40-55(59)45-26-30-51(31-27-45)65(4,5)6;/h16-37,39-42,72H,1-15H3;/q-1;/i16D,17D,18D,20D,21D;. The van der Waals surface area contributed by atoms with Crippen molar-refractivity contribution in [2.75, 3.05) is 0 Å². The van der Waals surface area contributed by atoms with Crippen LogP contribution >= 0.6 is 0 Å². The van der Waals surface area contributed by atoms with Crippen molar-refractivity contribution in [3.63, 3.8) is 0 Å². The molecule has 4 nitrogen and oxygen atoms in total. The van der Waals surface area contributed by atoms with Crippen molar-refractivity contribution in [1.29, 1.82) is 0 Å². The molecule has 5 heteroatoms. The van der Waals surface area contributed by atoms with Gasteiger partial charge in [-0.15, -0.1) is 23.8 Å². The fraction of sp³-hybridized carbons (Fsp3) is 0.294. The Hall–Kier alpha value is -6.35. The molecule has 0 aliphatic carbocycles. The Morgan fingerprint density at radius 2 is 1.04 bits per heavy atom. The van der Waals surface area contributed by atoms with Crippen molar-refractivity contribution < 1.29 is 33.0 Å². The predicted molar refractivity (Wildman–Crippen MR) is 305 cm³/mol. The van der Waals surface area contributed by atoms with Crippen LogP contribution in [0.1, 0.15) is 139 Å². The summed E-state index contributed by atoms with van der Waals surface area (Å²) >= 11 is 0. The van der Waals surface area contributed by atoms with Gasteiger partial charge in [0, 0.05) is 44.1 Å². The summed E-state index contributed by atoms with van der Waals surface area (Å²) in [5.41, 5.74) is 15.0. The van der Waals surface area contributed by atoms with Gasteiger partial charge < -0.3 is 5.11 Å². The molecule has 1 N–H and O–H groups in total. The number of imidazole rings is 1. The van der Waals surface area contributed by atoms with Gasteiger partial charge in [0.2, 0.25) is 0 Å². The molecule has 0 aliphatic heterocycles. The van der Waals surface area contributed by atoms with E-state index in [1.165, 1.54) is 16.7 Å². The summed E-state index contributed by atoms with van der Waals surface area (Å²) in [7, 11) is 0. The van der Waals surface area contributed by atoms with E-state index in [4.69, 9.17) is 16.8 Å². The van der Waals surface area contributed by atoms with Gasteiger partial charge in [-0.25, -0.2) is 4.98 Å². The molecule has 0 radical (unpaired) electrons. The average Bonchev–Trinajstić information content (AvgIpc) is 3.90. The van der Waals surface area contributed by atoms with E-state index < -0.39 is 23.5 Å². The molecule has 9 aromatic rings. The first-order valence-corrected chi connectivity index (χ1v) is 25.2. The van der Waals surface area contributed by atoms with Crippen LogP contribution in [0.25, 0.3) is 83.9 Å². The molecule has 2 heterocycles. The number of benzene rings is 7. The third-order valence-electron chi connectivity index (χ3n) is 13.9. The van der Waals surface area contributed by atoms with Crippen molar-refractivity contribution >= 4 is 11.0 Å². The number of para-hydroxylation sites is 1. The number of nitrogens with zero attached hydrogens (tertiary/aromatic N) is 3.